The predicted octanol–water partition coefficient (Wildman–Crippen LogP) is 3.43. The van der Waals surface area contributed by atoms with Gasteiger partial charge in [-0.1, -0.05) is 12.1 Å². The van der Waals surface area contributed by atoms with Gasteiger partial charge in [0.1, 0.15) is 23.3 Å². The van der Waals surface area contributed by atoms with Crippen LogP contribution in [0.1, 0.15) is 47.1 Å². The highest BCUT2D eigenvalue weighted by molar-refractivity contribution is 5.97. The number of amides is 1. The summed E-state index contributed by atoms with van der Waals surface area (Å²) in [5.74, 6) is -3.86. The Balaban J connectivity index is 2.14. The normalized spacial score (nSPS) is 12.1. The third-order valence-corrected chi connectivity index (χ3v) is 3.94. The second kappa shape index (κ2) is 9.47. The average molecular weight is 419 g/mol. The van der Waals surface area contributed by atoms with Crippen LogP contribution >= 0.6 is 0 Å². The largest absolute Gasteiger partial charge is 0.467 e. The number of hydrogen-bond donors (Lipinski definition) is 1. The standard InChI is InChI=1S/C22H23F2NO5/c1-22(2,3)30-20(27)14-7-5-13(6-8-14)9-18(21(28)29-4)25-19(26)15-10-16(23)12-17(24)11-15/h5-8,10-12,18H,9H2,1-4H3,(H,25,26)/t18-/m1/s1. The minimum Gasteiger partial charge on any atom is -0.467 e. The van der Waals surface area contributed by atoms with Gasteiger partial charge >= 0.3 is 11.9 Å². The van der Waals surface area contributed by atoms with Crippen molar-refractivity contribution in [2.75, 3.05) is 7.11 Å². The van der Waals surface area contributed by atoms with Crippen molar-refractivity contribution in [3.8, 4) is 0 Å². The summed E-state index contributed by atoms with van der Waals surface area (Å²) >= 11 is 0. The topological polar surface area (TPSA) is 81.7 Å². The third kappa shape index (κ3) is 6.65. The molecule has 0 saturated heterocycles. The van der Waals surface area contributed by atoms with Crippen LogP contribution in [0.4, 0.5) is 8.78 Å². The maximum atomic E-state index is 13.4. The van der Waals surface area contributed by atoms with Gasteiger partial charge in [-0.15, -0.1) is 0 Å². The number of benzene rings is 2. The number of hydrogen-bond acceptors (Lipinski definition) is 5. The van der Waals surface area contributed by atoms with Gasteiger partial charge in [0.2, 0.25) is 0 Å². The molecule has 2 rings (SSSR count). The molecule has 2 aromatic rings. The van der Waals surface area contributed by atoms with Crippen LogP contribution in [0.5, 0.6) is 0 Å². The lowest BCUT2D eigenvalue weighted by molar-refractivity contribution is -0.142. The number of carbonyl (C=O) groups is 3. The van der Waals surface area contributed by atoms with E-state index in [1.807, 2.05) is 0 Å². The zero-order chi connectivity index (χ0) is 22.5. The summed E-state index contributed by atoms with van der Waals surface area (Å²) in [6.07, 6.45) is 0.0464. The molecule has 0 fully saturated rings. The Hall–Kier alpha value is -3.29. The molecule has 0 unspecified atom stereocenters. The zero-order valence-corrected chi connectivity index (χ0v) is 17.1. The van der Waals surface area contributed by atoms with Gasteiger partial charge in [0.15, 0.2) is 0 Å². The summed E-state index contributed by atoms with van der Waals surface area (Å²) in [5, 5.41) is 2.42. The fourth-order valence-electron chi connectivity index (χ4n) is 2.61. The van der Waals surface area contributed by atoms with Gasteiger partial charge in [-0.05, 0) is 50.6 Å². The fourth-order valence-corrected chi connectivity index (χ4v) is 2.61. The summed E-state index contributed by atoms with van der Waals surface area (Å²) in [5.41, 5.74) is 0.0690. The van der Waals surface area contributed by atoms with E-state index in [1.165, 1.54) is 0 Å². The first-order valence-corrected chi connectivity index (χ1v) is 9.15. The van der Waals surface area contributed by atoms with Gasteiger partial charge in [0.05, 0.1) is 12.7 Å². The van der Waals surface area contributed by atoms with Gasteiger partial charge in [-0.25, -0.2) is 18.4 Å². The van der Waals surface area contributed by atoms with E-state index in [1.54, 1.807) is 45.0 Å². The number of methoxy groups -OCH3 is 1. The third-order valence-electron chi connectivity index (χ3n) is 3.94. The second-order valence-corrected chi connectivity index (χ2v) is 7.61. The van der Waals surface area contributed by atoms with Crippen molar-refractivity contribution < 1.29 is 32.6 Å². The lowest BCUT2D eigenvalue weighted by atomic mass is 10.0. The second-order valence-electron chi connectivity index (χ2n) is 7.61. The molecule has 0 bridgehead atoms. The molecule has 0 aliphatic carbocycles. The van der Waals surface area contributed by atoms with Gasteiger partial charge in [0, 0.05) is 18.1 Å². The average Bonchev–Trinajstić information content (AvgIpc) is 2.65. The molecule has 1 atom stereocenters. The number of nitrogens with one attached hydrogen (secondary N) is 1. The van der Waals surface area contributed by atoms with Crippen LogP contribution in [-0.4, -0.2) is 36.6 Å². The molecule has 1 N–H and O–H groups in total. The van der Waals surface area contributed by atoms with E-state index in [2.05, 4.69) is 5.32 Å². The Morgan fingerprint density at radius 1 is 0.967 bits per heavy atom. The molecule has 0 heterocycles. The monoisotopic (exact) mass is 419 g/mol. The van der Waals surface area contributed by atoms with Crippen LogP contribution < -0.4 is 5.32 Å². The van der Waals surface area contributed by atoms with E-state index in [0.29, 0.717) is 17.2 Å². The molecule has 0 aliphatic heterocycles. The summed E-state index contributed by atoms with van der Waals surface area (Å²) in [7, 11) is 1.16. The molecule has 160 valence electrons. The van der Waals surface area contributed by atoms with Gasteiger partial charge in [0.25, 0.3) is 5.91 Å². The predicted molar refractivity (Wildman–Crippen MR) is 105 cm³/mol. The van der Waals surface area contributed by atoms with E-state index in [4.69, 9.17) is 9.47 Å². The Bertz CT molecular complexity index is 915. The van der Waals surface area contributed by atoms with Gasteiger partial charge < -0.3 is 14.8 Å². The first-order chi connectivity index (χ1) is 14.0. The van der Waals surface area contributed by atoms with Crippen LogP contribution in [-0.2, 0) is 20.7 Å². The Labute approximate surface area is 173 Å². The first kappa shape index (κ1) is 23.0. The molecule has 0 spiro atoms. The van der Waals surface area contributed by atoms with Crippen molar-refractivity contribution in [3.05, 3.63) is 70.8 Å². The maximum Gasteiger partial charge on any atom is 0.338 e. The van der Waals surface area contributed by atoms with Crippen molar-refractivity contribution in [1.82, 2.24) is 5.32 Å². The van der Waals surface area contributed by atoms with Crippen molar-refractivity contribution in [1.29, 1.82) is 0 Å². The molecular formula is C22H23F2NO5. The van der Waals surface area contributed by atoms with Crippen LogP contribution in [0.25, 0.3) is 0 Å². The zero-order valence-electron chi connectivity index (χ0n) is 17.1. The van der Waals surface area contributed by atoms with Crippen molar-refractivity contribution in [2.24, 2.45) is 0 Å². The molecule has 2 aromatic carbocycles. The van der Waals surface area contributed by atoms with Crippen LogP contribution in [0.15, 0.2) is 42.5 Å². The van der Waals surface area contributed by atoms with Crippen LogP contribution in [0, 0.1) is 11.6 Å². The minimum absolute atomic E-state index is 0.0464. The lowest BCUT2D eigenvalue weighted by Gasteiger charge is -2.20. The highest BCUT2D eigenvalue weighted by atomic mass is 19.1. The smallest absolute Gasteiger partial charge is 0.338 e. The number of esters is 2. The molecule has 0 saturated carbocycles. The Morgan fingerprint density at radius 2 is 1.53 bits per heavy atom. The van der Waals surface area contributed by atoms with E-state index in [9.17, 15) is 23.2 Å². The van der Waals surface area contributed by atoms with Crippen LogP contribution in [0.3, 0.4) is 0 Å². The summed E-state index contributed by atoms with van der Waals surface area (Å²) in [4.78, 5) is 36.5. The Morgan fingerprint density at radius 3 is 2.03 bits per heavy atom. The van der Waals surface area contributed by atoms with E-state index in [0.717, 1.165) is 19.2 Å². The lowest BCUT2D eigenvalue weighted by Crippen LogP contribution is -2.43. The van der Waals surface area contributed by atoms with Crippen molar-refractivity contribution >= 4 is 17.8 Å². The van der Waals surface area contributed by atoms with Crippen molar-refractivity contribution in [2.45, 2.75) is 38.8 Å². The SMILES string of the molecule is COC(=O)[C@@H](Cc1ccc(C(=O)OC(C)(C)C)cc1)NC(=O)c1cc(F)cc(F)c1. The molecule has 0 aliphatic rings. The number of halogens is 2. The van der Waals surface area contributed by atoms with Crippen LogP contribution in [0.2, 0.25) is 0 Å². The maximum absolute atomic E-state index is 13.4. The molecule has 0 radical (unpaired) electrons. The summed E-state index contributed by atoms with van der Waals surface area (Å²) < 4.78 is 36.7. The molecular weight excluding hydrogens is 396 g/mol. The van der Waals surface area contributed by atoms with E-state index in [-0.39, 0.29) is 12.0 Å². The Kier molecular flexibility index (Phi) is 7.26. The summed E-state index contributed by atoms with van der Waals surface area (Å²) in [6, 6.07) is 7.59. The van der Waals surface area contributed by atoms with Gasteiger partial charge in [-0.2, -0.15) is 0 Å². The highest BCUT2D eigenvalue weighted by Crippen LogP contribution is 2.14. The van der Waals surface area contributed by atoms with E-state index < -0.39 is 41.1 Å². The number of ether oxygens (including phenoxy) is 2. The quantitative estimate of drug-likeness (QED) is 0.726. The molecule has 30 heavy (non-hydrogen) atoms. The molecule has 0 aromatic heterocycles. The number of carbonyl (C=O) groups excluding carboxylic acids is 3. The molecule has 1 amide bonds. The summed E-state index contributed by atoms with van der Waals surface area (Å²) in [6.45, 7) is 5.27. The first-order valence-electron chi connectivity index (χ1n) is 9.15. The van der Waals surface area contributed by atoms with Gasteiger partial charge in [-0.3, -0.25) is 4.79 Å². The molecule has 6 nitrogen and oxygen atoms in total. The van der Waals surface area contributed by atoms with E-state index >= 15 is 0 Å². The fraction of sp³-hybridized carbons (Fsp3) is 0.318. The van der Waals surface area contributed by atoms with Crippen molar-refractivity contribution in [3.63, 3.8) is 0 Å². The highest BCUT2D eigenvalue weighted by Gasteiger charge is 2.24. The number of rotatable bonds is 6. The molecule has 8 heteroatoms. The minimum atomic E-state index is -1.10.